The minimum absolute atomic E-state index is 0.139. The Morgan fingerprint density at radius 1 is 1.09 bits per heavy atom. The van der Waals surface area contributed by atoms with E-state index in [2.05, 4.69) is 0 Å². The van der Waals surface area contributed by atoms with Crippen molar-refractivity contribution in [3.63, 3.8) is 0 Å². The van der Waals surface area contributed by atoms with Crippen LogP contribution in [0.5, 0.6) is 0 Å². The van der Waals surface area contributed by atoms with E-state index in [4.69, 9.17) is 4.74 Å². The van der Waals surface area contributed by atoms with Crippen molar-refractivity contribution in [2.75, 3.05) is 7.11 Å². The molecule has 5 heteroatoms. The van der Waals surface area contributed by atoms with Crippen LogP contribution < -0.4 is 5.56 Å². The molecule has 22 heavy (non-hydrogen) atoms. The Balaban J connectivity index is 2.41. The van der Waals surface area contributed by atoms with Gasteiger partial charge in [-0.25, -0.2) is 9.18 Å². The molecule has 1 aromatic heterocycles. The molecule has 4 nitrogen and oxygen atoms in total. The van der Waals surface area contributed by atoms with E-state index in [9.17, 15) is 14.0 Å². The molecular formula is C17H12FNO3. The number of halogens is 1. The van der Waals surface area contributed by atoms with Crippen LogP contribution in [0.3, 0.4) is 0 Å². The Morgan fingerprint density at radius 2 is 1.82 bits per heavy atom. The third-order valence-corrected chi connectivity index (χ3v) is 3.42. The van der Waals surface area contributed by atoms with Gasteiger partial charge in [-0.05, 0) is 30.3 Å². The first-order chi connectivity index (χ1) is 10.6. The fourth-order valence-corrected chi connectivity index (χ4v) is 2.37. The molecule has 0 radical (unpaired) electrons. The van der Waals surface area contributed by atoms with Gasteiger partial charge in [0.2, 0.25) is 0 Å². The summed E-state index contributed by atoms with van der Waals surface area (Å²) in [5.41, 5.74) is 0.429. The Labute approximate surface area is 125 Å². The number of methoxy groups -OCH3 is 1. The van der Waals surface area contributed by atoms with Gasteiger partial charge in [-0.3, -0.25) is 9.36 Å². The summed E-state index contributed by atoms with van der Waals surface area (Å²) < 4.78 is 19.6. The van der Waals surface area contributed by atoms with Gasteiger partial charge in [0.05, 0.1) is 12.7 Å². The highest BCUT2D eigenvalue weighted by molar-refractivity contribution is 6.04. The Bertz CT molecular complexity index is 916. The standard InChI is InChI=1S/C17H12FNO3/c1-22-17(21)15-10-19(12-5-3-2-4-6-12)16(20)13-8-7-11(18)9-14(13)15/h2-10H,1H3. The van der Waals surface area contributed by atoms with Crippen molar-refractivity contribution >= 4 is 16.7 Å². The zero-order chi connectivity index (χ0) is 15.7. The Kier molecular flexibility index (Phi) is 3.47. The number of ether oxygens (including phenoxy) is 1. The van der Waals surface area contributed by atoms with Gasteiger partial charge in [0.1, 0.15) is 5.82 Å². The summed E-state index contributed by atoms with van der Waals surface area (Å²) in [5, 5.41) is 0.497. The van der Waals surface area contributed by atoms with Gasteiger partial charge in [0.25, 0.3) is 5.56 Å². The van der Waals surface area contributed by atoms with Crippen molar-refractivity contribution in [3.05, 3.63) is 76.5 Å². The predicted molar refractivity (Wildman–Crippen MR) is 80.8 cm³/mol. The number of esters is 1. The zero-order valence-corrected chi connectivity index (χ0v) is 11.7. The van der Waals surface area contributed by atoms with Crippen molar-refractivity contribution in [1.29, 1.82) is 0 Å². The summed E-state index contributed by atoms with van der Waals surface area (Å²) in [6, 6.07) is 12.6. The molecule has 0 N–H and O–H groups in total. The summed E-state index contributed by atoms with van der Waals surface area (Å²) in [7, 11) is 1.24. The fraction of sp³-hybridized carbons (Fsp3) is 0.0588. The molecule has 0 fully saturated rings. The lowest BCUT2D eigenvalue weighted by Gasteiger charge is -2.11. The first-order valence-corrected chi connectivity index (χ1v) is 6.60. The highest BCUT2D eigenvalue weighted by Gasteiger charge is 2.16. The molecule has 3 rings (SSSR count). The molecule has 0 saturated carbocycles. The number of carbonyl (C=O) groups is 1. The van der Waals surface area contributed by atoms with Gasteiger partial charge >= 0.3 is 5.97 Å². The molecule has 0 aliphatic rings. The van der Waals surface area contributed by atoms with E-state index in [1.54, 1.807) is 24.3 Å². The normalized spacial score (nSPS) is 10.6. The summed E-state index contributed by atoms with van der Waals surface area (Å²) >= 11 is 0. The van der Waals surface area contributed by atoms with Crippen LogP contribution >= 0.6 is 0 Å². The first-order valence-electron chi connectivity index (χ1n) is 6.60. The van der Waals surface area contributed by atoms with Crippen molar-refractivity contribution in [2.45, 2.75) is 0 Å². The van der Waals surface area contributed by atoms with Gasteiger partial charge < -0.3 is 4.74 Å². The molecule has 3 aromatic rings. The van der Waals surface area contributed by atoms with E-state index in [1.165, 1.54) is 30.0 Å². The van der Waals surface area contributed by atoms with E-state index in [1.807, 2.05) is 6.07 Å². The molecule has 2 aromatic carbocycles. The minimum atomic E-state index is -0.625. The smallest absolute Gasteiger partial charge is 0.340 e. The maximum Gasteiger partial charge on any atom is 0.340 e. The van der Waals surface area contributed by atoms with Crippen molar-refractivity contribution < 1.29 is 13.9 Å². The number of nitrogens with zero attached hydrogens (tertiary/aromatic N) is 1. The molecule has 0 atom stereocenters. The number of pyridine rings is 1. The second kappa shape index (κ2) is 5.44. The average Bonchev–Trinajstić information content (AvgIpc) is 2.55. The number of para-hydroxylation sites is 1. The summed E-state index contributed by atoms with van der Waals surface area (Å²) in [4.78, 5) is 24.6. The van der Waals surface area contributed by atoms with Gasteiger partial charge in [-0.15, -0.1) is 0 Å². The van der Waals surface area contributed by atoms with Crippen molar-refractivity contribution in [2.24, 2.45) is 0 Å². The number of hydrogen-bond donors (Lipinski definition) is 0. The lowest BCUT2D eigenvalue weighted by Crippen LogP contribution is -2.21. The Morgan fingerprint density at radius 3 is 2.50 bits per heavy atom. The maximum absolute atomic E-state index is 13.5. The van der Waals surface area contributed by atoms with Gasteiger partial charge in [0, 0.05) is 22.7 Å². The monoisotopic (exact) mass is 297 g/mol. The van der Waals surface area contributed by atoms with Crippen LogP contribution in [0.25, 0.3) is 16.5 Å². The highest BCUT2D eigenvalue weighted by Crippen LogP contribution is 2.19. The molecule has 0 saturated heterocycles. The largest absolute Gasteiger partial charge is 0.465 e. The fourth-order valence-electron chi connectivity index (χ4n) is 2.37. The maximum atomic E-state index is 13.5. The molecule has 0 bridgehead atoms. The third kappa shape index (κ3) is 2.26. The lowest BCUT2D eigenvalue weighted by atomic mass is 10.1. The van der Waals surface area contributed by atoms with Gasteiger partial charge in [0.15, 0.2) is 0 Å². The number of hydrogen-bond acceptors (Lipinski definition) is 3. The molecule has 0 spiro atoms. The molecule has 1 heterocycles. The van der Waals surface area contributed by atoms with Crippen LogP contribution in [0.1, 0.15) is 10.4 Å². The topological polar surface area (TPSA) is 48.3 Å². The van der Waals surface area contributed by atoms with E-state index < -0.39 is 11.8 Å². The molecular weight excluding hydrogens is 285 g/mol. The van der Waals surface area contributed by atoms with Crippen LogP contribution in [0.4, 0.5) is 4.39 Å². The molecule has 0 aliphatic heterocycles. The lowest BCUT2D eigenvalue weighted by molar-refractivity contribution is 0.0602. The summed E-state index contributed by atoms with van der Waals surface area (Å²) in [6.45, 7) is 0. The van der Waals surface area contributed by atoms with Crippen LogP contribution in [0.2, 0.25) is 0 Å². The molecule has 0 aliphatic carbocycles. The van der Waals surface area contributed by atoms with Crippen LogP contribution in [0, 0.1) is 5.82 Å². The number of fused-ring (bicyclic) bond motifs is 1. The van der Waals surface area contributed by atoms with Crippen LogP contribution in [0.15, 0.2) is 59.5 Å². The molecule has 0 unspecified atom stereocenters. The second-order valence-corrected chi connectivity index (χ2v) is 4.73. The van der Waals surface area contributed by atoms with Crippen molar-refractivity contribution in [1.82, 2.24) is 4.57 Å². The van der Waals surface area contributed by atoms with E-state index in [0.29, 0.717) is 5.69 Å². The van der Waals surface area contributed by atoms with E-state index in [-0.39, 0.29) is 21.9 Å². The molecule has 0 amide bonds. The zero-order valence-electron chi connectivity index (χ0n) is 11.7. The number of rotatable bonds is 2. The quantitative estimate of drug-likeness (QED) is 0.683. The third-order valence-electron chi connectivity index (χ3n) is 3.42. The Hall–Kier alpha value is -2.95. The minimum Gasteiger partial charge on any atom is -0.465 e. The highest BCUT2D eigenvalue weighted by atomic mass is 19.1. The number of aromatic nitrogens is 1. The van der Waals surface area contributed by atoms with Crippen LogP contribution in [-0.4, -0.2) is 17.6 Å². The number of carbonyl (C=O) groups excluding carboxylic acids is 1. The number of benzene rings is 2. The second-order valence-electron chi connectivity index (χ2n) is 4.73. The van der Waals surface area contributed by atoms with E-state index in [0.717, 1.165) is 6.07 Å². The molecule has 110 valence electrons. The van der Waals surface area contributed by atoms with Crippen LogP contribution in [-0.2, 0) is 4.74 Å². The van der Waals surface area contributed by atoms with Crippen molar-refractivity contribution in [3.8, 4) is 5.69 Å². The van der Waals surface area contributed by atoms with E-state index >= 15 is 0 Å². The predicted octanol–water partition coefficient (Wildman–Crippen LogP) is 2.92. The SMILES string of the molecule is COC(=O)c1cn(-c2ccccc2)c(=O)c2ccc(F)cc12. The summed E-state index contributed by atoms with van der Waals surface area (Å²) in [5.74, 6) is -1.14. The first kappa shape index (κ1) is 14.0. The average molecular weight is 297 g/mol. The van der Waals surface area contributed by atoms with Gasteiger partial charge in [-0.2, -0.15) is 0 Å². The summed E-state index contributed by atoms with van der Waals surface area (Å²) in [6.07, 6.45) is 1.38. The van der Waals surface area contributed by atoms with Gasteiger partial charge in [-0.1, -0.05) is 18.2 Å².